The molecule has 6 heteroatoms. The van der Waals surface area contributed by atoms with E-state index in [1.807, 2.05) is 24.4 Å². The van der Waals surface area contributed by atoms with Crippen molar-refractivity contribution in [2.24, 2.45) is 5.10 Å². The van der Waals surface area contributed by atoms with Crippen molar-refractivity contribution in [3.05, 3.63) is 65.4 Å². The van der Waals surface area contributed by atoms with Crippen LogP contribution in [0.5, 0.6) is 5.75 Å². The molecule has 1 atom stereocenters. The van der Waals surface area contributed by atoms with Crippen molar-refractivity contribution in [1.82, 2.24) is 10.4 Å². The molecule has 0 saturated carbocycles. The van der Waals surface area contributed by atoms with Gasteiger partial charge >= 0.3 is 0 Å². The smallest absolute Gasteiger partial charge is 0.280 e. The Balaban J connectivity index is 1.62. The number of hydrogen-bond acceptors (Lipinski definition) is 4. The van der Waals surface area contributed by atoms with E-state index in [2.05, 4.69) is 28.5 Å². The van der Waals surface area contributed by atoms with Crippen LogP contribution in [0.4, 0.5) is 0 Å². The maximum absolute atomic E-state index is 12.2. The third kappa shape index (κ3) is 4.15. The van der Waals surface area contributed by atoms with Crippen LogP contribution in [0.3, 0.4) is 0 Å². The summed E-state index contributed by atoms with van der Waals surface area (Å²) in [6.07, 6.45) is 3.71. The van der Waals surface area contributed by atoms with Crippen LogP contribution in [-0.4, -0.2) is 23.2 Å². The monoisotopic (exact) mass is 360 g/mol. The summed E-state index contributed by atoms with van der Waals surface area (Å²) in [7, 11) is 0. The summed E-state index contributed by atoms with van der Waals surface area (Å²) in [6, 6.07) is 14.7. The van der Waals surface area contributed by atoms with E-state index in [4.69, 9.17) is 10.00 Å². The van der Waals surface area contributed by atoms with Gasteiger partial charge in [0.05, 0.1) is 17.8 Å². The number of aryl methyl sites for hydroxylation is 1. The molecule has 3 aromatic rings. The van der Waals surface area contributed by atoms with Gasteiger partial charge in [-0.05, 0) is 43.2 Å². The van der Waals surface area contributed by atoms with Crippen molar-refractivity contribution in [3.63, 3.8) is 0 Å². The molecule has 2 aromatic carbocycles. The van der Waals surface area contributed by atoms with Crippen molar-refractivity contribution in [2.75, 3.05) is 0 Å². The number of aromatic nitrogens is 1. The quantitative estimate of drug-likeness (QED) is 0.520. The molecule has 0 bridgehead atoms. The first-order chi connectivity index (χ1) is 13.1. The Morgan fingerprint density at radius 3 is 2.81 bits per heavy atom. The van der Waals surface area contributed by atoms with E-state index in [9.17, 15) is 4.79 Å². The summed E-state index contributed by atoms with van der Waals surface area (Å²) in [5, 5.41) is 13.9. The number of fused-ring (bicyclic) bond motifs is 1. The Labute approximate surface area is 157 Å². The van der Waals surface area contributed by atoms with E-state index >= 15 is 0 Å². The number of H-pyrrole nitrogens is 1. The summed E-state index contributed by atoms with van der Waals surface area (Å²) >= 11 is 0. The second kappa shape index (κ2) is 8.19. The molecule has 0 spiro atoms. The number of hydrazone groups is 1. The predicted octanol–water partition coefficient (Wildman–Crippen LogP) is 3.52. The van der Waals surface area contributed by atoms with Crippen LogP contribution < -0.4 is 10.2 Å². The fourth-order valence-corrected chi connectivity index (χ4v) is 2.76. The molecule has 1 heterocycles. The maximum Gasteiger partial charge on any atom is 0.280 e. The molecular weight excluding hydrogens is 340 g/mol. The maximum atomic E-state index is 12.2. The standard InChI is InChI=1S/C21H20N4O2/c1-3-16-5-4-6-19-17(12-23-20(16)19)13-24-25-21(26)14(2)27-18-9-7-15(11-22)8-10-18/h4-10,12-14,23H,3H2,1-2H3,(H,25,26)/b24-13+. The Hall–Kier alpha value is -3.59. The molecule has 1 unspecified atom stereocenters. The Morgan fingerprint density at radius 1 is 1.33 bits per heavy atom. The number of benzene rings is 2. The summed E-state index contributed by atoms with van der Waals surface area (Å²) < 4.78 is 5.56. The zero-order valence-electron chi connectivity index (χ0n) is 15.2. The topological polar surface area (TPSA) is 90.3 Å². The highest BCUT2D eigenvalue weighted by Gasteiger charge is 2.14. The third-order valence-electron chi connectivity index (χ3n) is 4.26. The van der Waals surface area contributed by atoms with E-state index in [1.165, 1.54) is 5.56 Å². The first-order valence-electron chi connectivity index (χ1n) is 8.71. The normalized spacial score (nSPS) is 12.0. The molecule has 0 radical (unpaired) electrons. The highest BCUT2D eigenvalue weighted by atomic mass is 16.5. The first-order valence-corrected chi connectivity index (χ1v) is 8.71. The SMILES string of the molecule is CCc1cccc2c(/C=N/NC(=O)C(C)Oc3ccc(C#N)cc3)c[nH]c12. The van der Waals surface area contributed by atoms with E-state index in [1.54, 1.807) is 37.4 Å². The van der Waals surface area contributed by atoms with Gasteiger partial charge in [0.15, 0.2) is 6.10 Å². The van der Waals surface area contributed by atoms with Crippen LogP contribution in [0.2, 0.25) is 0 Å². The summed E-state index contributed by atoms with van der Waals surface area (Å²) in [5.41, 5.74) is 6.26. The molecule has 0 aliphatic heterocycles. The van der Waals surface area contributed by atoms with E-state index < -0.39 is 6.10 Å². The summed E-state index contributed by atoms with van der Waals surface area (Å²) in [5.74, 6) is 0.161. The second-order valence-corrected chi connectivity index (χ2v) is 6.07. The van der Waals surface area contributed by atoms with Gasteiger partial charge in [-0.15, -0.1) is 0 Å². The van der Waals surface area contributed by atoms with Gasteiger partial charge in [-0.3, -0.25) is 4.79 Å². The lowest BCUT2D eigenvalue weighted by Gasteiger charge is -2.12. The van der Waals surface area contributed by atoms with Crippen LogP contribution in [0.1, 0.15) is 30.5 Å². The largest absolute Gasteiger partial charge is 0.481 e. The highest BCUT2D eigenvalue weighted by molar-refractivity contribution is 6.00. The van der Waals surface area contributed by atoms with E-state index in [0.29, 0.717) is 11.3 Å². The Kier molecular flexibility index (Phi) is 5.53. The molecule has 0 saturated heterocycles. The molecule has 0 aliphatic rings. The van der Waals surface area contributed by atoms with Gasteiger partial charge in [0.25, 0.3) is 5.91 Å². The molecule has 1 aromatic heterocycles. The molecule has 0 aliphatic carbocycles. The van der Waals surface area contributed by atoms with Crippen LogP contribution in [0, 0.1) is 11.3 Å². The van der Waals surface area contributed by atoms with Crippen LogP contribution in [0.15, 0.2) is 53.8 Å². The number of hydrogen-bond donors (Lipinski definition) is 2. The van der Waals surface area contributed by atoms with Gasteiger partial charge in [-0.2, -0.15) is 10.4 Å². The van der Waals surface area contributed by atoms with Crippen molar-refractivity contribution >= 4 is 23.0 Å². The summed E-state index contributed by atoms with van der Waals surface area (Å²) in [4.78, 5) is 15.4. The number of nitrogens with one attached hydrogen (secondary N) is 2. The fraction of sp³-hybridized carbons (Fsp3) is 0.190. The number of nitrogens with zero attached hydrogens (tertiary/aromatic N) is 2. The zero-order chi connectivity index (χ0) is 19.2. The molecule has 0 fully saturated rings. The lowest BCUT2D eigenvalue weighted by Crippen LogP contribution is -2.33. The minimum absolute atomic E-state index is 0.357. The number of ether oxygens (including phenoxy) is 1. The van der Waals surface area contributed by atoms with E-state index in [-0.39, 0.29) is 5.91 Å². The minimum atomic E-state index is -0.718. The molecule has 1 amide bonds. The average Bonchev–Trinajstić information content (AvgIpc) is 3.11. The summed E-state index contributed by atoms with van der Waals surface area (Å²) in [6.45, 7) is 3.75. The van der Waals surface area contributed by atoms with Gasteiger partial charge in [-0.1, -0.05) is 25.1 Å². The van der Waals surface area contributed by atoms with Crippen molar-refractivity contribution in [3.8, 4) is 11.8 Å². The molecule has 136 valence electrons. The number of amides is 1. The van der Waals surface area contributed by atoms with Gasteiger partial charge in [0, 0.05) is 22.7 Å². The van der Waals surface area contributed by atoms with Gasteiger partial charge in [0.2, 0.25) is 0 Å². The van der Waals surface area contributed by atoms with E-state index in [0.717, 1.165) is 22.9 Å². The minimum Gasteiger partial charge on any atom is -0.481 e. The van der Waals surface area contributed by atoms with Gasteiger partial charge < -0.3 is 9.72 Å². The van der Waals surface area contributed by atoms with Crippen molar-refractivity contribution < 1.29 is 9.53 Å². The van der Waals surface area contributed by atoms with Crippen molar-refractivity contribution in [2.45, 2.75) is 26.4 Å². The zero-order valence-corrected chi connectivity index (χ0v) is 15.2. The lowest BCUT2D eigenvalue weighted by molar-refractivity contribution is -0.127. The first kappa shape index (κ1) is 18.2. The van der Waals surface area contributed by atoms with Crippen molar-refractivity contribution in [1.29, 1.82) is 5.26 Å². The number of nitriles is 1. The second-order valence-electron chi connectivity index (χ2n) is 6.07. The lowest BCUT2D eigenvalue weighted by atomic mass is 10.1. The van der Waals surface area contributed by atoms with Crippen LogP contribution in [0.25, 0.3) is 10.9 Å². The Morgan fingerprint density at radius 2 is 2.11 bits per heavy atom. The fourth-order valence-electron chi connectivity index (χ4n) is 2.76. The average molecular weight is 360 g/mol. The highest BCUT2D eigenvalue weighted by Crippen LogP contribution is 2.21. The number of para-hydroxylation sites is 1. The van der Waals surface area contributed by atoms with Crippen LogP contribution in [-0.2, 0) is 11.2 Å². The third-order valence-corrected chi connectivity index (χ3v) is 4.26. The molecule has 27 heavy (non-hydrogen) atoms. The number of rotatable bonds is 6. The number of carbonyl (C=O) groups is 1. The predicted molar refractivity (Wildman–Crippen MR) is 105 cm³/mol. The molecule has 2 N–H and O–H groups in total. The van der Waals surface area contributed by atoms with Crippen LogP contribution >= 0.6 is 0 Å². The molecule has 6 nitrogen and oxygen atoms in total. The van der Waals surface area contributed by atoms with Gasteiger partial charge in [0.1, 0.15) is 5.75 Å². The molecular formula is C21H20N4O2. The Bertz CT molecular complexity index is 1010. The van der Waals surface area contributed by atoms with Gasteiger partial charge in [-0.25, -0.2) is 5.43 Å². The molecule has 3 rings (SSSR count). The number of aromatic amines is 1. The number of carbonyl (C=O) groups excluding carboxylic acids is 1.